The Bertz CT molecular complexity index is 1520. The standard InChI is InChI=1S/C27H30ClN5O5/c1-18-7-12-21(16-29-18)38-26-30-24-23(33(26)17-19-8-10-20(28)11-9-19)25(34)32(27(35)31(24)2)13-5-15-37-22-6-3-4-14-36-22/h7-12,16,22H,3-6,13-15,17H2,1-2H3. The average Bonchev–Trinajstić information content (AvgIpc) is 3.28. The van der Waals surface area contributed by atoms with Crippen molar-refractivity contribution in [1.29, 1.82) is 0 Å². The predicted octanol–water partition coefficient (Wildman–Crippen LogP) is 4.03. The zero-order chi connectivity index (χ0) is 26.6. The number of hydrogen-bond acceptors (Lipinski definition) is 7. The van der Waals surface area contributed by atoms with Crippen molar-refractivity contribution in [3.8, 4) is 11.8 Å². The van der Waals surface area contributed by atoms with Gasteiger partial charge < -0.3 is 14.2 Å². The highest BCUT2D eigenvalue weighted by Crippen LogP contribution is 2.25. The summed E-state index contributed by atoms with van der Waals surface area (Å²) in [6.45, 7) is 3.46. The molecule has 11 heteroatoms. The Morgan fingerprint density at radius 2 is 1.92 bits per heavy atom. The molecular formula is C27H30ClN5O5. The van der Waals surface area contributed by atoms with Crippen LogP contribution in [0.15, 0.2) is 52.2 Å². The van der Waals surface area contributed by atoms with Gasteiger partial charge >= 0.3 is 11.7 Å². The van der Waals surface area contributed by atoms with Gasteiger partial charge in [0.05, 0.1) is 19.3 Å². The fourth-order valence-electron chi connectivity index (χ4n) is 4.45. The van der Waals surface area contributed by atoms with E-state index in [4.69, 9.17) is 25.8 Å². The number of fused-ring (bicyclic) bond motifs is 1. The van der Waals surface area contributed by atoms with Crippen LogP contribution in [0.2, 0.25) is 5.02 Å². The van der Waals surface area contributed by atoms with Crippen LogP contribution in [-0.2, 0) is 29.6 Å². The zero-order valence-electron chi connectivity index (χ0n) is 21.4. The second-order valence-corrected chi connectivity index (χ2v) is 9.77. The Hall–Kier alpha value is -3.47. The van der Waals surface area contributed by atoms with Crippen molar-refractivity contribution >= 4 is 22.8 Å². The minimum Gasteiger partial charge on any atom is -0.424 e. The first-order chi connectivity index (χ1) is 18.4. The van der Waals surface area contributed by atoms with Crippen LogP contribution in [-0.4, -0.2) is 43.2 Å². The van der Waals surface area contributed by atoms with Gasteiger partial charge in [0.15, 0.2) is 17.5 Å². The number of hydrogen-bond donors (Lipinski definition) is 0. The maximum atomic E-state index is 13.7. The lowest BCUT2D eigenvalue weighted by Crippen LogP contribution is -2.40. The predicted molar refractivity (Wildman–Crippen MR) is 143 cm³/mol. The number of aryl methyl sites for hydroxylation is 2. The van der Waals surface area contributed by atoms with Crippen LogP contribution in [0.25, 0.3) is 11.2 Å². The maximum Gasteiger partial charge on any atom is 0.332 e. The second-order valence-electron chi connectivity index (χ2n) is 9.34. The molecule has 1 aromatic carbocycles. The molecule has 0 spiro atoms. The molecule has 4 heterocycles. The van der Waals surface area contributed by atoms with Gasteiger partial charge in [0.25, 0.3) is 5.56 Å². The normalized spacial score (nSPS) is 15.7. The van der Waals surface area contributed by atoms with E-state index in [1.54, 1.807) is 36.0 Å². The van der Waals surface area contributed by atoms with Gasteiger partial charge in [-0.1, -0.05) is 23.7 Å². The molecule has 1 saturated heterocycles. The van der Waals surface area contributed by atoms with E-state index < -0.39 is 11.2 Å². The van der Waals surface area contributed by atoms with Gasteiger partial charge in [0, 0.05) is 30.9 Å². The van der Waals surface area contributed by atoms with Crippen molar-refractivity contribution in [2.45, 2.75) is 52.0 Å². The number of rotatable bonds is 9. The van der Waals surface area contributed by atoms with Crippen LogP contribution in [0.4, 0.5) is 0 Å². The lowest BCUT2D eigenvalue weighted by molar-refractivity contribution is -0.163. The number of halogens is 1. The first-order valence-corrected chi connectivity index (χ1v) is 13.1. The second kappa shape index (κ2) is 11.5. The number of ether oxygens (including phenoxy) is 3. The smallest absolute Gasteiger partial charge is 0.332 e. The van der Waals surface area contributed by atoms with Crippen LogP contribution in [0.3, 0.4) is 0 Å². The molecule has 0 radical (unpaired) electrons. The van der Waals surface area contributed by atoms with E-state index >= 15 is 0 Å². The Labute approximate surface area is 224 Å². The SMILES string of the molecule is Cc1ccc(Oc2nc3c(c(=O)n(CCCOC4CCCCO4)c(=O)n3C)n2Cc2ccc(Cl)cc2)cn1. The molecule has 5 rings (SSSR count). The van der Waals surface area contributed by atoms with E-state index in [-0.39, 0.29) is 36.6 Å². The molecule has 1 aliphatic rings. The van der Waals surface area contributed by atoms with Crippen LogP contribution >= 0.6 is 11.6 Å². The molecule has 4 aromatic rings. The summed E-state index contributed by atoms with van der Waals surface area (Å²) in [5, 5.41) is 0.608. The van der Waals surface area contributed by atoms with Crippen molar-refractivity contribution < 1.29 is 14.2 Å². The van der Waals surface area contributed by atoms with Gasteiger partial charge in [-0.25, -0.2) is 4.79 Å². The van der Waals surface area contributed by atoms with E-state index in [1.165, 1.54) is 9.13 Å². The Morgan fingerprint density at radius 1 is 1.11 bits per heavy atom. The molecular weight excluding hydrogens is 510 g/mol. The maximum absolute atomic E-state index is 13.7. The molecule has 38 heavy (non-hydrogen) atoms. The fraction of sp³-hybridized carbons (Fsp3) is 0.407. The van der Waals surface area contributed by atoms with E-state index in [2.05, 4.69) is 9.97 Å². The number of nitrogens with zero attached hydrogens (tertiary/aromatic N) is 5. The monoisotopic (exact) mass is 539 g/mol. The molecule has 1 atom stereocenters. The first kappa shape index (κ1) is 26.1. The van der Waals surface area contributed by atoms with Gasteiger partial charge in [-0.05, 0) is 62.4 Å². The molecule has 0 N–H and O–H groups in total. The molecule has 0 bridgehead atoms. The van der Waals surface area contributed by atoms with Gasteiger partial charge in [-0.3, -0.25) is 23.5 Å². The Balaban J connectivity index is 1.50. The minimum atomic E-state index is -0.448. The van der Waals surface area contributed by atoms with Crippen molar-refractivity contribution in [3.05, 3.63) is 79.7 Å². The van der Waals surface area contributed by atoms with Gasteiger partial charge in [0.2, 0.25) is 0 Å². The van der Waals surface area contributed by atoms with Crippen molar-refractivity contribution in [2.24, 2.45) is 7.05 Å². The van der Waals surface area contributed by atoms with E-state index in [1.807, 2.05) is 25.1 Å². The number of aromatic nitrogens is 5. The molecule has 10 nitrogen and oxygen atoms in total. The molecule has 1 unspecified atom stereocenters. The third kappa shape index (κ3) is 5.67. The molecule has 0 saturated carbocycles. The molecule has 3 aromatic heterocycles. The third-order valence-corrected chi connectivity index (χ3v) is 6.76. The van der Waals surface area contributed by atoms with Gasteiger partial charge in [0.1, 0.15) is 5.75 Å². The minimum absolute atomic E-state index is 0.184. The van der Waals surface area contributed by atoms with Gasteiger partial charge in [-0.2, -0.15) is 4.98 Å². The molecule has 1 fully saturated rings. The molecule has 0 amide bonds. The van der Waals surface area contributed by atoms with Crippen LogP contribution in [0.5, 0.6) is 11.8 Å². The summed E-state index contributed by atoms with van der Waals surface area (Å²) >= 11 is 6.07. The largest absolute Gasteiger partial charge is 0.424 e. The quantitative estimate of drug-likeness (QED) is 0.296. The van der Waals surface area contributed by atoms with Crippen molar-refractivity contribution in [3.63, 3.8) is 0 Å². The van der Waals surface area contributed by atoms with Crippen molar-refractivity contribution in [1.82, 2.24) is 23.7 Å². The average molecular weight is 540 g/mol. The summed E-state index contributed by atoms with van der Waals surface area (Å²) < 4.78 is 21.7. The number of pyridine rings is 1. The van der Waals surface area contributed by atoms with Crippen LogP contribution in [0, 0.1) is 6.92 Å². The summed E-state index contributed by atoms with van der Waals surface area (Å²) in [4.78, 5) is 35.7. The lowest BCUT2D eigenvalue weighted by atomic mass is 10.2. The summed E-state index contributed by atoms with van der Waals surface area (Å²) in [5.41, 5.74) is 1.37. The van der Waals surface area contributed by atoms with Crippen LogP contribution in [0.1, 0.15) is 36.9 Å². The summed E-state index contributed by atoms with van der Waals surface area (Å²) in [7, 11) is 1.60. The highest BCUT2D eigenvalue weighted by Gasteiger charge is 2.22. The summed E-state index contributed by atoms with van der Waals surface area (Å²) in [6, 6.07) is 11.1. The van der Waals surface area contributed by atoms with Gasteiger partial charge in [-0.15, -0.1) is 0 Å². The Kier molecular flexibility index (Phi) is 7.92. The number of benzene rings is 1. The third-order valence-electron chi connectivity index (χ3n) is 6.51. The molecule has 1 aliphatic heterocycles. The topological polar surface area (TPSA) is 102 Å². The molecule has 200 valence electrons. The van der Waals surface area contributed by atoms with Crippen molar-refractivity contribution in [2.75, 3.05) is 13.2 Å². The highest BCUT2D eigenvalue weighted by atomic mass is 35.5. The number of imidazole rings is 1. The molecule has 0 aliphatic carbocycles. The summed E-state index contributed by atoms with van der Waals surface area (Å²) in [5.74, 6) is 0.468. The fourth-order valence-corrected chi connectivity index (χ4v) is 4.57. The van der Waals surface area contributed by atoms with Crippen LogP contribution < -0.4 is 16.0 Å². The highest BCUT2D eigenvalue weighted by molar-refractivity contribution is 6.30. The summed E-state index contributed by atoms with van der Waals surface area (Å²) in [6.07, 6.45) is 4.83. The first-order valence-electron chi connectivity index (χ1n) is 12.7. The van der Waals surface area contributed by atoms with E-state index in [0.29, 0.717) is 30.4 Å². The van der Waals surface area contributed by atoms with E-state index in [0.717, 1.165) is 30.5 Å². The zero-order valence-corrected chi connectivity index (χ0v) is 22.2. The lowest BCUT2D eigenvalue weighted by Gasteiger charge is -2.22. The van der Waals surface area contributed by atoms with E-state index in [9.17, 15) is 9.59 Å². The Morgan fingerprint density at radius 3 is 2.63 bits per heavy atom.